The van der Waals surface area contributed by atoms with Gasteiger partial charge in [-0.25, -0.2) is 4.98 Å². The van der Waals surface area contributed by atoms with E-state index < -0.39 is 0 Å². The molecule has 0 aliphatic carbocycles. The fraction of sp³-hybridized carbons (Fsp3) is 0.316. The van der Waals surface area contributed by atoms with Crippen molar-refractivity contribution >= 4 is 33.3 Å². The second-order valence-electron chi connectivity index (χ2n) is 5.87. The third kappa shape index (κ3) is 2.99. The van der Waals surface area contributed by atoms with Gasteiger partial charge in [-0.1, -0.05) is 30.8 Å². The van der Waals surface area contributed by atoms with E-state index in [4.69, 9.17) is 10.2 Å². The van der Waals surface area contributed by atoms with E-state index in [0.717, 1.165) is 38.5 Å². The molecule has 3 rings (SSSR count). The Hall–Kier alpha value is -2.10. The van der Waals surface area contributed by atoms with Gasteiger partial charge in [0.1, 0.15) is 4.83 Å². The van der Waals surface area contributed by atoms with Gasteiger partial charge >= 0.3 is 0 Å². The predicted molar refractivity (Wildman–Crippen MR) is 105 cm³/mol. The molecule has 0 atom stereocenters. The number of thiophene rings is 1. The molecule has 0 radical (unpaired) electrons. The first-order valence-electron chi connectivity index (χ1n) is 8.11. The number of nitriles is 1. The summed E-state index contributed by atoms with van der Waals surface area (Å²) in [5.74, 6) is 0.258. The first kappa shape index (κ1) is 17.7. The average molecular weight is 370 g/mol. The summed E-state index contributed by atoms with van der Waals surface area (Å²) in [6.07, 6.45) is 0.806. The third-order valence-corrected chi connectivity index (χ3v) is 6.28. The molecule has 1 aromatic carbocycles. The molecule has 0 spiro atoms. The zero-order valence-corrected chi connectivity index (χ0v) is 16.3. The van der Waals surface area contributed by atoms with Crippen LogP contribution in [0, 0.1) is 32.1 Å². The summed E-state index contributed by atoms with van der Waals surface area (Å²) >= 11 is 2.86. The quantitative estimate of drug-likeness (QED) is 0.500. The van der Waals surface area contributed by atoms with E-state index in [-0.39, 0.29) is 11.3 Å². The highest BCUT2D eigenvalue weighted by Gasteiger charge is 2.20. The van der Waals surface area contributed by atoms with E-state index in [1.807, 2.05) is 39.0 Å². The number of aromatic nitrogens is 2. The number of hydrogen-bond acceptors (Lipinski definition) is 5. The predicted octanol–water partition coefficient (Wildman–Crippen LogP) is 4.55. The maximum absolute atomic E-state index is 13.4. The van der Waals surface area contributed by atoms with Crippen LogP contribution in [0.5, 0.6) is 0 Å². The van der Waals surface area contributed by atoms with Gasteiger partial charge in [0.25, 0.3) is 5.56 Å². The van der Waals surface area contributed by atoms with Gasteiger partial charge in [-0.15, -0.1) is 11.3 Å². The van der Waals surface area contributed by atoms with E-state index in [1.54, 1.807) is 15.9 Å². The molecule has 128 valence electrons. The van der Waals surface area contributed by atoms with Crippen molar-refractivity contribution in [1.29, 1.82) is 5.26 Å². The Labute approximate surface area is 155 Å². The van der Waals surface area contributed by atoms with Gasteiger partial charge in [0.05, 0.1) is 22.9 Å². The molecule has 0 unspecified atom stereocenters. The minimum Gasteiger partial charge on any atom is -0.268 e. The van der Waals surface area contributed by atoms with Gasteiger partial charge in [-0.3, -0.25) is 9.36 Å². The lowest BCUT2D eigenvalue weighted by molar-refractivity contribution is 0.815. The minimum absolute atomic E-state index is 0.0414. The summed E-state index contributed by atoms with van der Waals surface area (Å²) in [6.45, 7) is 8.15. The van der Waals surface area contributed by atoms with Crippen LogP contribution in [-0.4, -0.2) is 15.3 Å². The molecule has 0 bridgehead atoms. The van der Waals surface area contributed by atoms with Crippen LogP contribution in [0.1, 0.15) is 28.5 Å². The van der Waals surface area contributed by atoms with Crippen LogP contribution in [0.4, 0.5) is 0 Å². The van der Waals surface area contributed by atoms with Crippen LogP contribution in [0.15, 0.2) is 28.2 Å². The Kier molecular flexibility index (Phi) is 4.98. The summed E-state index contributed by atoms with van der Waals surface area (Å²) in [6, 6.07) is 8.05. The standard InChI is InChI=1S/C19H19N3OS2/c1-5-14-13(4)25-17-16(14)18(23)22(19(21-17)24-10-9-20)15-8-6-7-11(2)12(15)3/h6-8H,5,10H2,1-4H3. The zero-order valence-electron chi connectivity index (χ0n) is 14.7. The van der Waals surface area contributed by atoms with Gasteiger partial charge in [0.2, 0.25) is 0 Å². The Morgan fingerprint density at radius 2 is 2.08 bits per heavy atom. The van der Waals surface area contributed by atoms with E-state index >= 15 is 0 Å². The van der Waals surface area contributed by atoms with Crippen molar-refractivity contribution in [3.8, 4) is 11.8 Å². The number of benzene rings is 1. The van der Waals surface area contributed by atoms with Gasteiger partial charge in [0.15, 0.2) is 5.16 Å². The SMILES string of the molecule is CCc1c(C)sc2nc(SCC#N)n(-c3cccc(C)c3C)c(=O)c12. The summed E-state index contributed by atoms with van der Waals surface area (Å²) < 4.78 is 1.68. The first-order chi connectivity index (χ1) is 12.0. The largest absolute Gasteiger partial charge is 0.268 e. The number of hydrogen-bond donors (Lipinski definition) is 0. The van der Waals surface area contributed by atoms with Crippen molar-refractivity contribution in [1.82, 2.24) is 9.55 Å². The summed E-state index contributed by atoms with van der Waals surface area (Å²) in [4.78, 5) is 20.0. The number of nitrogens with zero attached hydrogens (tertiary/aromatic N) is 3. The van der Waals surface area contributed by atoms with Crippen molar-refractivity contribution in [3.63, 3.8) is 0 Å². The normalized spacial score (nSPS) is 11.0. The highest BCUT2D eigenvalue weighted by molar-refractivity contribution is 7.99. The van der Waals surface area contributed by atoms with Crippen LogP contribution >= 0.6 is 23.1 Å². The molecule has 0 saturated carbocycles. The molecule has 6 heteroatoms. The summed E-state index contributed by atoms with van der Waals surface area (Å²) in [5, 5.41) is 10.3. The van der Waals surface area contributed by atoms with Gasteiger partial charge in [0, 0.05) is 4.88 Å². The topological polar surface area (TPSA) is 58.7 Å². The second kappa shape index (κ2) is 7.03. The van der Waals surface area contributed by atoms with E-state index in [2.05, 4.69) is 13.0 Å². The molecule has 0 aliphatic heterocycles. The Morgan fingerprint density at radius 1 is 1.32 bits per heavy atom. The average Bonchev–Trinajstić information content (AvgIpc) is 2.91. The van der Waals surface area contributed by atoms with Crippen molar-refractivity contribution in [2.24, 2.45) is 0 Å². The fourth-order valence-electron chi connectivity index (χ4n) is 3.01. The van der Waals surface area contributed by atoms with Crippen LogP contribution < -0.4 is 5.56 Å². The Morgan fingerprint density at radius 3 is 2.76 bits per heavy atom. The lowest BCUT2D eigenvalue weighted by Gasteiger charge is -2.15. The lowest BCUT2D eigenvalue weighted by atomic mass is 10.1. The second-order valence-corrected chi connectivity index (χ2v) is 8.02. The molecule has 0 N–H and O–H groups in total. The zero-order chi connectivity index (χ0) is 18.1. The summed E-state index contributed by atoms with van der Waals surface area (Å²) in [5.41, 5.74) is 4.05. The van der Waals surface area contributed by atoms with Crippen LogP contribution in [0.3, 0.4) is 0 Å². The fourth-order valence-corrected chi connectivity index (χ4v) is 4.83. The molecule has 0 fully saturated rings. The van der Waals surface area contributed by atoms with E-state index in [1.165, 1.54) is 11.8 Å². The van der Waals surface area contributed by atoms with Gasteiger partial charge in [-0.2, -0.15) is 5.26 Å². The first-order valence-corrected chi connectivity index (χ1v) is 9.91. The molecule has 3 aromatic rings. The maximum atomic E-state index is 13.4. The van der Waals surface area contributed by atoms with Crippen molar-refractivity contribution < 1.29 is 0 Å². The number of rotatable bonds is 4. The number of fused-ring (bicyclic) bond motifs is 1. The monoisotopic (exact) mass is 369 g/mol. The maximum Gasteiger partial charge on any atom is 0.267 e. The van der Waals surface area contributed by atoms with Gasteiger partial charge in [-0.05, 0) is 49.9 Å². The molecule has 0 amide bonds. The molecule has 4 nitrogen and oxygen atoms in total. The lowest BCUT2D eigenvalue weighted by Crippen LogP contribution is -2.23. The van der Waals surface area contributed by atoms with Crippen molar-refractivity contribution in [2.75, 3.05) is 5.75 Å². The molecule has 0 aliphatic rings. The smallest absolute Gasteiger partial charge is 0.267 e. The van der Waals surface area contributed by atoms with Crippen molar-refractivity contribution in [2.45, 2.75) is 39.3 Å². The molecule has 2 aromatic heterocycles. The van der Waals surface area contributed by atoms with Gasteiger partial charge < -0.3 is 0 Å². The van der Waals surface area contributed by atoms with E-state index in [0.29, 0.717) is 10.5 Å². The molecule has 25 heavy (non-hydrogen) atoms. The number of thioether (sulfide) groups is 1. The third-order valence-electron chi connectivity index (χ3n) is 4.43. The van der Waals surface area contributed by atoms with Crippen LogP contribution in [0.25, 0.3) is 15.9 Å². The van der Waals surface area contributed by atoms with Crippen LogP contribution in [-0.2, 0) is 6.42 Å². The Balaban J connectivity index is 2.42. The van der Waals surface area contributed by atoms with Crippen molar-refractivity contribution in [3.05, 3.63) is 50.1 Å². The molecular formula is C19H19N3OS2. The highest BCUT2D eigenvalue weighted by Crippen LogP contribution is 2.31. The molecule has 2 heterocycles. The number of aryl methyl sites for hydroxylation is 3. The van der Waals surface area contributed by atoms with E-state index in [9.17, 15) is 4.79 Å². The molecular weight excluding hydrogens is 350 g/mol. The highest BCUT2D eigenvalue weighted by atomic mass is 32.2. The minimum atomic E-state index is -0.0414. The van der Waals surface area contributed by atoms with Crippen LogP contribution in [0.2, 0.25) is 0 Å². The molecule has 0 saturated heterocycles. The Bertz CT molecular complexity index is 1060. The summed E-state index contributed by atoms with van der Waals surface area (Å²) in [7, 11) is 0.